The van der Waals surface area contributed by atoms with E-state index in [9.17, 15) is 8.42 Å². The fourth-order valence-corrected chi connectivity index (χ4v) is 3.76. The lowest BCUT2D eigenvalue weighted by molar-refractivity contribution is 0.606. The second-order valence-electron chi connectivity index (χ2n) is 6.81. The average molecular weight is 414 g/mol. The Balaban J connectivity index is 1.49. The maximum atomic E-state index is 11.5. The molecule has 8 heteroatoms. The monoisotopic (exact) mass is 413 g/mol. The van der Waals surface area contributed by atoms with Crippen LogP contribution in [0.2, 0.25) is 0 Å². The summed E-state index contributed by atoms with van der Waals surface area (Å²) in [5.41, 5.74) is 2.65. The van der Waals surface area contributed by atoms with Gasteiger partial charge >= 0.3 is 0 Å². The van der Waals surface area contributed by atoms with E-state index in [1.807, 2.05) is 18.2 Å². The number of benzene rings is 2. The molecule has 0 aliphatic carbocycles. The molecule has 0 saturated heterocycles. The second kappa shape index (κ2) is 9.47. The molecule has 3 N–H and O–H groups in total. The summed E-state index contributed by atoms with van der Waals surface area (Å²) in [5.74, 6) is 0.677. The van der Waals surface area contributed by atoms with Crippen LogP contribution < -0.4 is 15.4 Å². The third-order valence-electron chi connectivity index (χ3n) is 4.53. The number of nitrogens with one attached hydrogen (secondary N) is 3. The molecule has 1 aromatic heterocycles. The standard InChI is InChI=1S/C21H27N5O2S/c1-22-21(24-16-18-9-3-5-10-19(18)25-29(2,27)28)23-13-7-14-26-15-12-17-8-4-6-11-20(17)26/h3-6,8-12,15,25H,7,13-14,16H2,1-2H3,(H2,22,23,24). The van der Waals surface area contributed by atoms with E-state index in [0.717, 1.165) is 31.3 Å². The van der Waals surface area contributed by atoms with Crippen LogP contribution in [0.25, 0.3) is 10.9 Å². The summed E-state index contributed by atoms with van der Waals surface area (Å²) >= 11 is 0. The third kappa shape index (κ3) is 5.99. The van der Waals surface area contributed by atoms with Crippen molar-refractivity contribution in [1.82, 2.24) is 15.2 Å². The number of hydrogen-bond acceptors (Lipinski definition) is 3. The molecule has 3 rings (SSSR count). The number of sulfonamides is 1. The van der Waals surface area contributed by atoms with Crippen molar-refractivity contribution >= 4 is 32.6 Å². The summed E-state index contributed by atoms with van der Waals surface area (Å²) in [6.45, 7) is 2.15. The van der Waals surface area contributed by atoms with Gasteiger partial charge in [-0.1, -0.05) is 36.4 Å². The number of rotatable bonds is 8. The fourth-order valence-electron chi connectivity index (χ4n) is 3.17. The lowest BCUT2D eigenvalue weighted by Gasteiger charge is -2.15. The molecule has 0 saturated carbocycles. The van der Waals surface area contributed by atoms with Gasteiger partial charge in [-0.2, -0.15) is 0 Å². The van der Waals surface area contributed by atoms with E-state index < -0.39 is 10.0 Å². The van der Waals surface area contributed by atoms with Crippen LogP contribution in [0, 0.1) is 0 Å². The fraction of sp³-hybridized carbons (Fsp3) is 0.286. The molecule has 154 valence electrons. The molecule has 1 heterocycles. The van der Waals surface area contributed by atoms with E-state index in [1.165, 1.54) is 10.9 Å². The van der Waals surface area contributed by atoms with E-state index in [2.05, 4.69) is 55.4 Å². The Morgan fingerprint density at radius 2 is 1.79 bits per heavy atom. The van der Waals surface area contributed by atoms with E-state index in [0.29, 0.717) is 18.2 Å². The Morgan fingerprint density at radius 1 is 1.03 bits per heavy atom. The van der Waals surface area contributed by atoms with Crippen molar-refractivity contribution in [3.05, 3.63) is 66.4 Å². The maximum absolute atomic E-state index is 11.5. The predicted octanol–water partition coefficient (Wildman–Crippen LogP) is 2.77. The van der Waals surface area contributed by atoms with Crippen molar-refractivity contribution in [2.45, 2.75) is 19.5 Å². The zero-order chi connectivity index (χ0) is 20.7. The molecule has 3 aromatic rings. The molecule has 0 fully saturated rings. The molecule has 0 bridgehead atoms. The van der Waals surface area contributed by atoms with Gasteiger partial charge in [0.05, 0.1) is 11.9 Å². The first-order valence-corrected chi connectivity index (χ1v) is 11.4. The molecule has 0 radical (unpaired) electrons. The van der Waals surface area contributed by atoms with Gasteiger partial charge < -0.3 is 15.2 Å². The van der Waals surface area contributed by atoms with Crippen molar-refractivity contribution in [2.24, 2.45) is 4.99 Å². The van der Waals surface area contributed by atoms with Gasteiger partial charge in [0.1, 0.15) is 0 Å². The average Bonchev–Trinajstić information content (AvgIpc) is 3.10. The summed E-state index contributed by atoms with van der Waals surface area (Å²) in [7, 11) is -1.61. The molecule has 0 aliphatic rings. The van der Waals surface area contributed by atoms with E-state index in [-0.39, 0.29) is 0 Å². The number of para-hydroxylation sites is 2. The number of hydrogen-bond donors (Lipinski definition) is 3. The number of fused-ring (bicyclic) bond motifs is 1. The van der Waals surface area contributed by atoms with Gasteiger partial charge in [-0.3, -0.25) is 9.71 Å². The first-order valence-electron chi connectivity index (χ1n) is 9.50. The van der Waals surface area contributed by atoms with Gasteiger partial charge in [0.25, 0.3) is 0 Å². The normalized spacial score (nSPS) is 12.1. The molecule has 0 spiro atoms. The van der Waals surface area contributed by atoms with Crippen LogP contribution in [0.1, 0.15) is 12.0 Å². The van der Waals surface area contributed by atoms with E-state index >= 15 is 0 Å². The molecular weight excluding hydrogens is 386 g/mol. The van der Waals surface area contributed by atoms with Gasteiger partial charge in [0, 0.05) is 38.4 Å². The highest BCUT2D eigenvalue weighted by atomic mass is 32.2. The van der Waals surface area contributed by atoms with Crippen LogP contribution in [0.15, 0.2) is 65.8 Å². The Kier molecular flexibility index (Phi) is 6.77. The minimum absolute atomic E-state index is 0.459. The lowest BCUT2D eigenvalue weighted by Crippen LogP contribution is -2.37. The first kappa shape index (κ1) is 20.7. The van der Waals surface area contributed by atoms with E-state index in [4.69, 9.17) is 0 Å². The van der Waals surface area contributed by atoms with Crippen molar-refractivity contribution in [2.75, 3.05) is 24.6 Å². The Labute approximate surface area is 171 Å². The summed E-state index contributed by atoms with van der Waals surface area (Å²) in [6, 6.07) is 17.8. The topological polar surface area (TPSA) is 87.5 Å². The highest BCUT2D eigenvalue weighted by Gasteiger charge is 2.07. The highest BCUT2D eigenvalue weighted by Crippen LogP contribution is 2.16. The minimum atomic E-state index is -3.32. The minimum Gasteiger partial charge on any atom is -0.356 e. The highest BCUT2D eigenvalue weighted by molar-refractivity contribution is 7.92. The molecule has 7 nitrogen and oxygen atoms in total. The van der Waals surface area contributed by atoms with Gasteiger partial charge in [-0.05, 0) is 35.6 Å². The van der Waals surface area contributed by atoms with Gasteiger partial charge in [0.15, 0.2) is 5.96 Å². The summed E-state index contributed by atoms with van der Waals surface area (Å²) in [6.07, 6.45) is 4.21. The lowest BCUT2D eigenvalue weighted by atomic mass is 10.2. The van der Waals surface area contributed by atoms with Crippen molar-refractivity contribution < 1.29 is 8.42 Å². The summed E-state index contributed by atoms with van der Waals surface area (Å²) < 4.78 is 27.9. The molecule has 0 aliphatic heterocycles. The Bertz CT molecular complexity index is 1090. The number of aliphatic imine (C=N–C) groups is 1. The first-order chi connectivity index (χ1) is 14.0. The summed E-state index contributed by atoms with van der Waals surface area (Å²) in [4.78, 5) is 4.24. The van der Waals surface area contributed by atoms with Crippen molar-refractivity contribution in [3.8, 4) is 0 Å². The van der Waals surface area contributed by atoms with Gasteiger partial charge in [0.2, 0.25) is 10.0 Å². The molecule has 0 amide bonds. The molecular formula is C21H27N5O2S. The third-order valence-corrected chi connectivity index (χ3v) is 5.12. The zero-order valence-corrected chi connectivity index (χ0v) is 17.5. The van der Waals surface area contributed by atoms with Crippen LogP contribution in [0.4, 0.5) is 5.69 Å². The second-order valence-corrected chi connectivity index (χ2v) is 8.55. The van der Waals surface area contributed by atoms with Gasteiger partial charge in [-0.25, -0.2) is 8.42 Å². The number of anilines is 1. The Morgan fingerprint density at radius 3 is 2.59 bits per heavy atom. The molecule has 29 heavy (non-hydrogen) atoms. The van der Waals surface area contributed by atoms with Crippen LogP contribution in [-0.4, -0.2) is 38.8 Å². The maximum Gasteiger partial charge on any atom is 0.229 e. The molecule has 2 aromatic carbocycles. The molecule has 0 atom stereocenters. The predicted molar refractivity (Wildman–Crippen MR) is 120 cm³/mol. The summed E-state index contributed by atoms with van der Waals surface area (Å²) in [5, 5.41) is 7.79. The largest absolute Gasteiger partial charge is 0.356 e. The Hall–Kier alpha value is -3.00. The quantitative estimate of drug-likeness (QED) is 0.301. The smallest absolute Gasteiger partial charge is 0.229 e. The van der Waals surface area contributed by atoms with Crippen LogP contribution >= 0.6 is 0 Å². The van der Waals surface area contributed by atoms with E-state index in [1.54, 1.807) is 19.2 Å². The van der Waals surface area contributed by atoms with Crippen molar-refractivity contribution in [3.63, 3.8) is 0 Å². The number of guanidine groups is 1. The van der Waals surface area contributed by atoms with Crippen LogP contribution in [-0.2, 0) is 23.1 Å². The number of aromatic nitrogens is 1. The number of nitrogens with zero attached hydrogens (tertiary/aromatic N) is 2. The van der Waals surface area contributed by atoms with Crippen molar-refractivity contribution in [1.29, 1.82) is 0 Å². The van der Waals surface area contributed by atoms with Crippen LogP contribution in [0.3, 0.4) is 0 Å². The number of aryl methyl sites for hydroxylation is 1. The molecule has 0 unspecified atom stereocenters. The van der Waals surface area contributed by atoms with Gasteiger partial charge in [-0.15, -0.1) is 0 Å². The SMILES string of the molecule is CN=C(NCCCn1ccc2ccccc21)NCc1ccccc1NS(C)(=O)=O. The van der Waals surface area contributed by atoms with Crippen LogP contribution in [0.5, 0.6) is 0 Å². The zero-order valence-electron chi connectivity index (χ0n) is 16.7.